The molecule has 0 saturated heterocycles. The van der Waals surface area contributed by atoms with Crippen molar-refractivity contribution in [3.63, 3.8) is 0 Å². The highest BCUT2D eigenvalue weighted by Gasteiger charge is 2.38. The van der Waals surface area contributed by atoms with E-state index in [2.05, 4.69) is 11.8 Å². The molecule has 184 valence electrons. The minimum Gasteiger partial charge on any atom is -0.487 e. The molecule has 0 aliphatic carbocycles. The summed E-state index contributed by atoms with van der Waals surface area (Å²) in [6.07, 6.45) is 1.24. The number of ether oxygens (including phenoxy) is 1. The molecule has 0 radical (unpaired) electrons. The number of benzene rings is 1. The molecule has 9 heteroatoms. The molecule has 1 aliphatic rings. The molecule has 1 aromatic carbocycles. The highest BCUT2D eigenvalue weighted by molar-refractivity contribution is 7.89. The van der Waals surface area contributed by atoms with E-state index in [4.69, 9.17) is 4.74 Å². The van der Waals surface area contributed by atoms with Crippen LogP contribution in [0.25, 0.3) is 0 Å². The van der Waals surface area contributed by atoms with Gasteiger partial charge in [0.05, 0.1) is 19.7 Å². The molecular formula is C24H37N3O5S. The maximum absolute atomic E-state index is 13.5. The first kappa shape index (κ1) is 27.1. The summed E-state index contributed by atoms with van der Waals surface area (Å²) in [7, 11) is 1.48. The molecule has 0 spiro atoms. The maximum atomic E-state index is 13.5. The van der Waals surface area contributed by atoms with Crippen LogP contribution in [0.2, 0.25) is 0 Å². The summed E-state index contributed by atoms with van der Waals surface area (Å²) in [6.45, 7) is 6.07. The van der Waals surface area contributed by atoms with E-state index in [9.17, 15) is 18.3 Å². The molecule has 0 bridgehead atoms. The van der Waals surface area contributed by atoms with E-state index in [1.165, 1.54) is 10.4 Å². The Kier molecular flexibility index (Phi) is 9.73. The van der Waals surface area contributed by atoms with Gasteiger partial charge in [0.15, 0.2) is 0 Å². The molecule has 1 heterocycles. The molecular weight excluding hydrogens is 442 g/mol. The van der Waals surface area contributed by atoms with Gasteiger partial charge in [-0.1, -0.05) is 25.7 Å². The number of fused-ring (bicyclic) bond motifs is 1. The van der Waals surface area contributed by atoms with Crippen LogP contribution in [0.4, 0.5) is 0 Å². The van der Waals surface area contributed by atoms with Crippen molar-refractivity contribution in [2.24, 2.45) is 5.92 Å². The van der Waals surface area contributed by atoms with Crippen molar-refractivity contribution in [3.8, 4) is 17.6 Å². The van der Waals surface area contributed by atoms with Crippen molar-refractivity contribution < 1.29 is 23.1 Å². The van der Waals surface area contributed by atoms with Crippen LogP contribution >= 0.6 is 0 Å². The minimum absolute atomic E-state index is 0.0445. The third-order valence-corrected chi connectivity index (χ3v) is 7.63. The Balaban J connectivity index is 2.50. The highest BCUT2D eigenvalue weighted by atomic mass is 32.2. The Morgan fingerprint density at radius 3 is 2.64 bits per heavy atom. The van der Waals surface area contributed by atoms with E-state index in [-0.39, 0.29) is 42.2 Å². The standard InChI is InChI=1S/C24H37N3O5S/c1-7-8-9-10-20-11-12-23-21(13-20)32-22(15-26(6)24(29)16-25(4)5)18(2)14-27(19(3)17-28)33(23,30)31/h11-13,18-19,22,28H,7-8,14-17H2,1-6H3/t18-,19+,22-/m0/s1. The molecule has 1 amide bonds. The number of sulfonamides is 1. The van der Waals surface area contributed by atoms with E-state index >= 15 is 0 Å². The first-order valence-corrected chi connectivity index (χ1v) is 12.8. The molecule has 1 aromatic rings. The summed E-state index contributed by atoms with van der Waals surface area (Å²) in [4.78, 5) is 16.0. The van der Waals surface area contributed by atoms with Gasteiger partial charge in [-0.3, -0.25) is 4.79 Å². The first-order valence-electron chi connectivity index (χ1n) is 11.3. The fourth-order valence-corrected chi connectivity index (χ4v) is 5.40. The number of aliphatic hydroxyl groups excluding tert-OH is 1. The fraction of sp³-hybridized carbons (Fsp3) is 0.625. The number of unbranched alkanes of at least 4 members (excludes halogenated alkanes) is 1. The number of amides is 1. The predicted molar refractivity (Wildman–Crippen MR) is 128 cm³/mol. The molecule has 1 N–H and O–H groups in total. The van der Waals surface area contributed by atoms with Gasteiger partial charge in [0, 0.05) is 37.5 Å². The number of nitrogens with zero attached hydrogens (tertiary/aromatic N) is 3. The Morgan fingerprint density at radius 2 is 2.03 bits per heavy atom. The minimum atomic E-state index is -3.90. The summed E-state index contributed by atoms with van der Waals surface area (Å²) < 4.78 is 34.6. The van der Waals surface area contributed by atoms with Crippen molar-refractivity contribution in [2.45, 2.75) is 50.7 Å². The van der Waals surface area contributed by atoms with Gasteiger partial charge in [-0.15, -0.1) is 0 Å². The molecule has 33 heavy (non-hydrogen) atoms. The van der Waals surface area contributed by atoms with Crippen molar-refractivity contribution >= 4 is 15.9 Å². The van der Waals surface area contributed by atoms with Crippen LogP contribution in [0.1, 0.15) is 39.2 Å². The number of aliphatic hydroxyl groups is 1. The van der Waals surface area contributed by atoms with Gasteiger partial charge in [0.1, 0.15) is 16.7 Å². The molecule has 0 saturated carbocycles. The average Bonchev–Trinajstić information content (AvgIpc) is 2.75. The second-order valence-electron chi connectivity index (χ2n) is 8.97. The Morgan fingerprint density at radius 1 is 1.33 bits per heavy atom. The smallest absolute Gasteiger partial charge is 0.247 e. The molecule has 0 fully saturated rings. The quantitative estimate of drug-likeness (QED) is 0.598. The Labute approximate surface area is 198 Å². The second-order valence-corrected chi connectivity index (χ2v) is 10.8. The maximum Gasteiger partial charge on any atom is 0.247 e. The number of carbonyl (C=O) groups is 1. The van der Waals surface area contributed by atoms with E-state index in [1.54, 1.807) is 35.9 Å². The van der Waals surface area contributed by atoms with Crippen LogP contribution in [-0.4, -0.2) is 93.1 Å². The van der Waals surface area contributed by atoms with E-state index in [1.807, 2.05) is 27.9 Å². The van der Waals surface area contributed by atoms with Crippen LogP contribution < -0.4 is 4.74 Å². The van der Waals surface area contributed by atoms with Crippen LogP contribution in [0.3, 0.4) is 0 Å². The van der Waals surface area contributed by atoms with Gasteiger partial charge < -0.3 is 19.6 Å². The first-order chi connectivity index (χ1) is 15.5. The van der Waals surface area contributed by atoms with Gasteiger partial charge in [-0.05, 0) is 45.6 Å². The van der Waals surface area contributed by atoms with E-state index < -0.39 is 22.2 Å². The Bertz CT molecular complexity index is 984. The lowest BCUT2D eigenvalue weighted by Crippen LogP contribution is -2.50. The van der Waals surface area contributed by atoms with Gasteiger partial charge in [0.2, 0.25) is 15.9 Å². The van der Waals surface area contributed by atoms with Gasteiger partial charge in [-0.2, -0.15) is 4.31 Å². The molecule has 3 atom stereocenters. The van der Waals surface area contributed by atoms with Crippen molar-refractivity contribution in [3.05, 3.63) is 23.8 Å². The zero-order valence-corrected chi connectivity index (χ0v) is 21.4. The fourth-order valence-electron chi connectivity index (χ4n) is 3.57. The molecule has 1 aliphatic heterocycles. The average molecular weight is 480 g/mol. The summed E-state index contributed by atoms with van der Waals surface area (Å²) in [5, 5.41) is 9.74. The van der Waals surface area contributed by atoms with Gasteiger partial charge >= 0.3 is 0 Å². The lowest BCUT2D eigenvalue weighted by Gasteiger charge is -2.37. The van der Waals surface area contributed by atoms with Crippen LogP contribution in [0.15, 0.2) is 23.1 Å². The molecule has 2 rings (SSSR count). The summed E-state index contributed by atoms with van der Waals surface area (Å²) >= 11 is 0. The van der Waals surface area contributed by atoms with Gasteiger partial charge in [-0.25, -0.2) is 8.42 Å². The number of hydrogen-bond acceptors (Lipinski definition) is 6. The molecule has 0 aromatic heterocycles. The van der Waals surface area contributed by atoms with E-state index in [0.717, 1.165) is 12.8 Å². The zero-order valence-electron chi connectivity index (χ0n) is 20.5. The number of rotatable bonds is 7. The largest absolute Gasteiger partial charge is 0.487 e. The van der Waals surface area contributed by atoms with Crippen LogP contribution in [-0.2, 0) is 14.8 Å². The van der Waals surface area contributed by atoms with E-state index in [0.29, 0.717) is 12.1 Å². The molecule has 0 unspecified atom stereocenters. The summed E-state index contributed by atoms with van der Waals surface area (Å²) in [6, 6.07) is 4.26. The highest BCUT2D eigenvalue weighted by Crippen LogP contribution is 2.34. The number of hydrogen-bond donors (Lipinski definition) is 1. The normalized spacial score (nSPS) is 21.1. The predicted octanol–water partition coefficient (Wildman–Crippen LogP) is 1.63. The lowest BCUT2D eigenvalue weighted by molar-refractivity contribution is -0.132. The van der Waals surface area contributed by atoms with Crippen molar-refractivity contribution in [2.75, 3.05) is 47.4 Å². The lowest BCUT2D eigenvalue weighted by atomic mass is 10.0. The Hall–Kier alpha value is -2.12. The van der Waals surface area contributed by atoms with Gasteiger partial charge in [0.25, 0.3) is 0 Å². The number of carbonyl (C=O) groups excluding carboxylic acids is 1. The van der Waals surface area contributed by atoms with Crippen LogP contribution in [0, 0.1) is 17.8 Å². The SMILES string of the molecule is CCCC#Cc1ccc2c(c1)O[C@@H](CN(C)C(=O)CN(C)C)[C@@H](C)CN([C@H](C)CO)S2(=O)=O. The number of likely N-dealkylation sites (N-methyl/N-ethyl adjacent to an activating group) is 2. The molecule has 8 nitrogen and oxygen atoms in total. The monoisotopic (exact) mass is 479 g/mol. The summed E-state index contributed by atoms with van der Waals surface area (Å²) in [5.41, 5.74) is 0.670. The zero-order chi connectivity index (χ0) is 24.8. The van der Waals surface area contributed by atoms with Crippen molar-refractivity contribution in [1.29, 1.82) is 0 Å². The van der Waals surface area contributed by atoms with Crippen LogP contribution in [0.5, 0.6) is 5.75 Å². The summed E-state index contributed by atoms with van der Waals surface area (Å²) in [5.74, 6) is 6.07. The second kappa shape index (κ2) is 11.8. The third-order valence-electron chi connectivity index (χ3n) is 5.61. The topological polar surface area (TPSA) is 90.4 Å². The van der Waals surface area contributed by atoms with Crippen molar-refractivity contribution in [1.82, 2.24) is 14.1 Å². The third kappa shape index (κ3) is 6.93.